The molecule has 4 aromatic carbocycles. The summed E-state index contributed by atoms with van der Waals surface area (Å²) in [6, 6.07) is 6.95. The molecule has 0 aliphatic rings. The van der Waals surface area contributed by atoms with Crippen LogP contribution in [0.3, 0.4) is 0 Å². The van der Waals surface area contributed by atoms with Gasteiger partial charge in [-0.2, -0.15) is 5.26 Å². The number of nitriles is 1. The lowest BCUT2D eigenvalue weighted by Gasteiger charge is -2.12. The molecule has 0 heterocycles. The summed E-state index contributed by atoms with van der Waals surface area (Å²) in [5.41, 5.74) is -4.55. The molecule has 0 amide bonds. The summed E-state index contributed by atoms with van der Waals surface area (Å²) in [7, 11) is 0. The van der Waals surface area contributed by atoms with Crippen LogP contribution in [-0.4, -0.2) is 0 Å². The SMILES string of the molecule is [C-]#[N+]c1c(F)cc(-c2c(F)cc(Cc3cc(F)c(-c4cc(F)c(C#N)c(F)c4)c(F)c3)cc2F)cc1F. The van der Waals surface area contributed by atoms with Crippen LogP contribution in [0.5, 0.6) is 0 Å². The van der Waals surface area contributed by atoms with Crippen molar-refractivity contribution in [2.45, 2.75) is 6.42 Å². The van der Waals surface area contributed by atoms with Gasteiger partial charge in [0.1, 0.15) is 58.2 Å². The van der Waals surface area contributed by atoms with Crippen LogP contribution in [0.2, 0.25) is 0 Å². The summed E-state index contributed by atoms with van der Waals surface area (Å²) < 4.78 is 115. The molecule has 0 unspecified atom stereocenters. The lowest BCUT2D eigenvalue weighted by molar-refractivity contribution is 0.572. The standard InChI is InChI=1S/C27H10F8N2/c1-37-27-23(34)9-15(10-24(27)35)26-21(32)5-13(6-22(26)33)2-12-3-19(30)25(20(31)4-12)14-7-17(28)16(11-36)18(29)8-14/h3-10H,2H2. The van der Waals surface area contributed by atoms with Crippen molar-refractivity contribution in [2.75, 3.05) is 0 Å². The first-order chi connectivity index (χ1) is 17.5. The van der Waals surface area contributed by atoms with Crippen LogP contribution < -0.4 is 0 Å². The van der Waals surface area contributed by atoms with Gasteiger partial charge < -0.3 is 0 Å². The third-order valence-corrected chi connectivity index (χ3v) is 5.47. The van der Waals surface area contributed by atoms with Gasteiger partial charge in [-0.15, -0.1) is 0 Å². The quantitative estimate of drug-likeness (QED) is 0.200. The number of nitrogens with zero attached hydrogens (tertiary/aromatic N) is 2. The van der Waals surface area contributed by atoms with Crippen molar-refractivity contribution in [2.24, 2.45) is 0 Å². The Labute approximate surface area is 204 Å². The highest BCUT2D eigenvalue weighted by atomic mass is 19.2. The van der Waals surface area contributed by atoms with E-state index in [-0.39, 0.29) is 17.5 Å². The fourth-order valence-electron chi connectivity index (χ4n) is 3.88. The zero-order valence-electron chi connectivity index (χ0n) is 18.2. The van der Waals surface area contributed by atoms with E-state index in [2.05, 4.69) is 4.85 Å². The Morgan fingerprint density at radius 2 is 0.919 bits per heavy atom. The molecule has 0 bridgehead atoms. The average Bonchev–Trinajstić information content (AvgIpc) is 2.78. The second-order valence-electron chi connectivity index (χ2n) is 7.87. The number of rotatable bonds is 4. The predicted octanol–water partition coefficient (Wildman–Crippen LogP) is 8.15. The van der Waals surface area contributed by atoms with Crippen molar-refractivity contribution in [1.82, 2.24) is 0 Å². The van der Waals surface area contributed by atoms with Crippen LogP contribution in [0.1, 0.15) is 16.7 Å². The Morgan fingerprint density at radius 1 is 0.568 bits per heavy atom. The van der Waals surface area contributed by atoms with Crippen LogP contribution in [0.15, 0.2) is 48.5 Å². The Morgan fingerprint density at radius 3 is 1.24 bits per heavy atom. The minimum atomic E-state index is -1.31. The van der Waals surface area contributed by atoms with Crippen LogP contribution in [0.25, 0.3) is 27.1 Å². The maximum absolute atomic E-state index is 14.7. The minimum absolute atomic E-state index is 0.0838. The highest BCUT2D eigenvalue weighted by molar-refractivity contribution is 5.69. The first-order valence-corrected chi connectivity index (χ1v) is 10.3. The van der Waals surface area contributed by atoms with E-state index in [1.165, 1.54) is 6.07 Å². The van der Waals surface area contributed by atoms with Crippen molar-refractivity contribution < 1.29 is 35.1 Å². The lowest BCUT2D eigenvalue weighted by Crippen LogP contribution is -2.00. The Kier molecular flexibility index (Phi) is 6.69. The molecule has 0 fully saturated rings. The zero-order chi connectivity index (χ0) is 27.0. The van der Waals surface area contributed by atoms with Gasteiger partial charge in [0.05, 0.1) is 17.7 Å². The maximum atomic E-state index is 14.7. The highest BCUT2D eigenvalue weighted by Gasteiger charge is 2.21. The van der Waals surface area contributed by atoms with Crippen LogP contribution in [0.4, 0.5) is 40.8 Å². The molecule has 2 nitrogen and oxygen atoms in total. The third kappa shape index (κ3) is 4.74. The summed E-state index contributed by atoms with van der Waals surface area (Å²) >= 11 is 0. The molecule has 0 saturated heterocycles. The molecule has 0 atom stereocenters. The van der Waals surface area contributed by atoms with Crippen molar-refractivity contribution in [3.8, 4) is 28.3 Å². The minimum Gasteiger partial charge on any atom is -0.232 e. The number of hydrogen-bond acceptors (Lipinski definition) is 1. The molecule has 0 aliphatic heterocycles. The number of benzene rings is 4. The first kappa shape index (κ1) is 25.4. The molecule has 0 saturated carbocycles. The van der Waals surface area contributed by atoms with Gasteiger partial charge in [0.2, 0.25) is 0 Å². The van der Waals surface area contributed by atoms with E-state index in [4.69, 9.17) is 11.8 Å². The first-order valence-electron chi connectivity index (χ1n) is 10.3. The third-order valence-electron chi connectivity index (χ3n) is 5.47. The fourth-order valence-corrected chi connectivity index (χ4v) is 3.88. The van der Waals surface area contributed by atoms with Gasteiger partial charge in [0, 0.05) is 0 Å². The molecular formula is C27H10F8N2. The van der Waals surface area contributed by atoms with Crippen molar-refractivity contribution in [1.29, 1.82) is 5.26 Å². The van der Waals surface area contributed by atoms with E-state index < -0.39 is 80.0 Å². The summed E-state index contributed by atoms with van der Waals surface area (Å²) in [4.78, 5) is 2.67. The molecule has 0 spiro atoms. The van der Waals surface area contributed by atoms with Crippen LogP contribution in [0, 0.1) is 64.4 Å². The monoisotopic (exact) mass is 514 g/mol. The van der Waals surface area contributed by atoms with Crippen molar-refractivity contribution >= 4 is 5.69 Å². The average molecular weight is 514 g/mol. The lowest BCUT2D eigenvalue weighted by atomic mass is 9.96. The normalized spacial score (nSPS) is 10.8. The Hall–Kier alpha value is -4.70. The smallest absolute Gasteiger partial charge is 0.232 e. The Bertz CT molecular complexity index is 1450. The second kappa shape index (κ2) is 9.75. The summed E-state index contributed by atoms with van der Waals surface area (Å²) in [5.74, 6) is -10.1. The molecule has 0 aromatic heterocycles. The van der Waals surface area contributed by atoms with Gasteiger partial charge in [-0.05, 0) is 77.2 Å². The summed E-state index contributed by atoms with van der Waals surface area (Å²) in [6.45, 7) is 6.75. The molecule has 184 valence electrons. The molecular weight excluding hydrogens is 504 g/mol. The maximum Gasteiger partial charge on any atom is 0.256 e. The number of hydrogen-bond donors (Lipinski definition) is 0. The highest BCUT2D eigenvalue weighted by Crippen LogP contribution is 2.34. The van der Waals surface area contributed by atoms with Gasteiger partial charge in [-0.1, -0.05) is 0 Å². The molecule has 0 radical (unpaired) electrons. The van der Waals surface area contributed by atoms with Gasteiger partial charge in [0.15, 0.2) is 0 Å². The van der Waals surface area contributed by atoms with Gasteiger partial charge >= 0.3 is 0 Å². The molecule has 37 heavy (non-hydrogen) atoms. The topological polar surface area (TPSA) is 28.1 Å². The van der Waals surface area contributed by atoms with E-state index in [1.807, 2.05) is 0 Å². The molecule has 10 heteroatoms. The molecule has 0 N–H and O–H groups in total. The van der Waals surface area contributed by atoms with Gasteiger partial charge in [0.25, 0.3) is 5.69 Å². The van der Waals surface area contributed by atoms with Crippen molar-refractivity contribution in [3.63, 3.8) is 0 Å². The van der Waals surface area contributed by atoms with E-state index in [9.17, 15) is 35.1 Å². The Balaban J connectivity index is 1.69. The largest absolute Gasteiger partial charge is 0.256 e. The van der Waals surface area contributed by atoms with E-state index in [0.29, 0.717) is 24.3 Å². The van der Waals surface area contributed by atoms with Crippen LogP contribution in [-0.2, 0) is 6.42 Å². The molecule has 4 rings (SSSR count). The van der Waals surface area contributed by atoms with E-state index in [1.54, 1.807) is 0 Å². The summed E-state index contributed by atoms with van der Waals surface area (Å²) in [6.07, 6.45) is -0.377. The molecule has 4 aromatic rings. The molecule has 0 aliphatic carbocycles. The predicted molar refractivity (Wildman–Crippen MR) is 117 cm³/mol. The zero-order valence-corrected chi connectivity index (χ0v) is 18.2. The van der Waals surface area contributed by atoms with E-state index >= 15 is 0 Å². The second-order valence-corrected chi connectivity index (χ2v) is 7.87. The van der Waals surface area contributed by atoms with Crippen LogP contribution >= 0.6 is 0 Å². The van der Waals surface area contributed by atoms with Crippen molar-refractivity contribution in [3.05, 3.63) is 123 Å². The summed E-state index contributed by atoms with van der Waals surface area (Å²) in [5, 5.41) is 8.74. The fraction of sp³-hybridized carbons (Fsp3) is 0.0370. The van der Waals surface area contributed by atoms with E-state index in [0.717, 1.165) is 24.3 Å². The van der Waals surface area contributed by atoms with Gasteiger partial charge in [-0.3, -0.25) is 0 Å². The van der Waals surface area contributed by atoms with Gasteiger partial charge in [-0.25, -0.2) is 40.0 Å². The number of halogens is 8.